The van der Waals surface area contributed by atoms with Gasteiger partial charge in [-0.3, -0.25) is 0 Å². The summed E-state index contributed by atoms with van der Waals surface area (Å²) in [5.41, 5.74) is 1.68. The van der Waals surface area contributed by atoms with Crippen molar-refractivity contribution in [3.05, 3.63) is 71.1 Å². The maximum absolute atomic E-state index is 11.9. The Morgan fingerprint density at radius 2 is 1.86 bits per heavy atom. The fourth-order valence-electron chi connectivity index (χ4n) is 1.75. The van der Waals surface area contributed by atoms with E-state index in [-0.39, 0.29) is 6.54 Å². The van der Waals surface area contributed by atoms with Crippen molar-refractivity contribution in [3.8, 4) is 5.75 Å². The number of sulfonamides is 1. The Morgan fingerprint density at radius 1 is 1.10 bits per heavy atom. The molecular weight excluding hydrogens is 286 g/mol. The summed E-state index contributed by atoms with van der Waals surface area (Å²) in [5.74, 6) is 0.700. The van der Waals surface area contributed by atoms with Gasteiger partial charge in [0, 0.05) is 12.0 Å². The van der Waals surface area contributed by atoms with Crippen molar-refractivity contribution in [3.63, 3.8) is 0 Å². The first kappa shape index (κ1) is 15.3. The van der Waals surface area contributed by atoms with Gasteiger partial charge in [-0.15, -0.1) is 0 Å². The first-order valence-corrected chi connectivity index (χ1v) is 7.99. The Hall–Kier alpha value is -2.11. The van der Waals surface area contributed by atoms with Crippen LogP contribution in [0.25, 0.3) is 6.08 Å². The summed E-state index contributed by atoms with van der Waals surface area (Å²) in [5, 5.41) is 1.17. The molecule has 0 atom stereocenters. The van der Waals surface area contributed by atoms with Crippen LogP contribution in [0.2, 0.25) is 0 Å². The molecule has 0 fully saturated rings. The van der Waals surface area contributed by atoms with E-state index >= 15 is 0 Å². The van der Waals surface area contributed by atoms with Crippen molar-refractivity contribution in [2.24, 2.45) is 0 Å². The highest BCUT2D eigenvalue weighted by molar-refractivity contribution is 7.92. The molecule has 0 aromatic heterocycles. The minimum atomic E-state index is -3.47. The third kappa shape index (κ3) is 5.06. The van der Waals surface area contributed by atoms with E-state index in [1.54, 1.807) is 19.3 Å². The van der Waals surface area contributed by atoms with Crippen LogP contribution in [0.5, 0.6) is 5.75 Å². The van der Waals surface area contributed by atoms with Crippen molar-refractivity contribution in [2.45, 2.75) is 6.54 Å². The van der Waals surface area contributed by atoms with E-state index in [1.807, 2.05) is 48.5 Å². The second kappa shape index (κ2) is 7.06. The Balaban J connectivity index is 1.99. The molecule has 1 N–H and O–H groups in total. The number of methoxy groups -OCH3 is 1. The molecule has 2 aromatic carbocycles. The Kier molecular flexibility index (Phi) is 5.14. The highest BCUT2D eigenvalue weighted by atomic mass is 32.2. The highest BCUT2D eigenvalue weighted by Gasteiger charge is 2.05. The highest BCUT2D eigenvalue weighted by Crippen LogP contribution is 2.12. The zero-order chi connectivity index (χ0) is 15.1. The topological polar surface area (TPSA) is 55.4 Å². The van der Waals surface area contributed by atoms with Crippen molar-refractivity contribution in [2.75, 3.05) is 7.11 Å². The lowest BCUT2D eigenvalue weighted by molar-refractivity contribution is 0.414. The standard InChI is InChI=1S/C16H17NO3S/c1-20-16-9-5-8-15(12-16)13-17-21(18,19)11-10-14-6-3-2-4-7-14/h2-12,17H,13H2,1H3/b11-10+. The van der Waals surface area contributed by atoms with Crippen LogP contribution in [0.1, 0.15) is 11.1 Å². The zero-order valence-corrected chi connectivity index (χ0v) is 12.5. The molecule has 0 aliphatic carbocycles. The first-order chi connectivity index (χ1) is 10.1. The molecule has 0 saturated heterocycles. The molecule has 0 heterocycles. The molecule has 2 rings (SSSR count). The molecule has 0 spiro atoms. The van der Waals surface area contributed by atoms with Crippen LogP contribution in [0, 0.1) is 0 Å². The van der Waals surface area contributed by atoms with Crippen molar-refractivity contribution >= 4 is 16.1 Å². The predicted molar refractivity (Wildman–Crippen MR) is 84.2 cm³/mol. The van der Waals surface area contributed by atoms with Crippen molar-refractivity contribution in [1.82, 2.24) is 4.72 Å². The molecule has 0 aliphatic rings. The van der Waals surface area contributed by atoms with Crippen LogP contribution in [0.3, 0.4) is 0 Å². The average molecular weight is 303 g/mol. The fraction of sp³-hybridized carbons (Fsp3) is 0.125. The van der Waals surface area contributed by atoms with Crippen molar-refractivity contribution in [1.29, 1.82) is 0 Å². The average Bonchev–Trinajstić information content (AvgIpc) is 2.52. The van der Waals surface area contributed by atoms with E-state index in [0.29, 0.717) is 5.75 Å². The Morgan fingerprint density at radius 3 is 2.57 bits per heavy atom. The largest absolute Gasteiger partial charge is 0.497 e. The minimum absolute atomic E-state index is 0.221. The molecule has 0 aliphatic heterocycles. The lowest BCUT2D eigenvalue weighted by Crippen LogP contribution is -2.20. The smallest absolute Gasteiger partial charge is 0.234 e. The van der Waals surface area contributed by atoms with Gasteiger partial charge in [-0.05, 0) is 29.3 Å². The van der Waals surface area contributed by atoms with E-state index in [0.717, 1.165) is 11.1 Å². The van der Waals surface area contributed by atoms with E-state index in [4.69, 9.17) is 4.74 Å². The third-order valence-electron chi connectivity index (χ3n) is 2.85. The summed E-state index contributed by atoms with van der Waals surface area (Å²) < 4.78 is 31.4. The SMILES string of the molecule is COc1cccc(CNS(=O)(=O)/C=C/c2ccccc2)c1. The molecule has 110 valence electrons. The van der Waals surface area contributed by atoms with Gasteiger partial charge in [0.15, 0.2) is 0 Å². The predicted octanol–water partition coefficient (Wildman–Crippen LogP) is 2.79. The second-order valence-electron chi connectivity index (χ2n) is 4.43. The van der Waals surface area contributed by atoms with Gasteiger partial charge in [-0.25, -0.2) is 13.1 Å². The quantitative estimate of drug-likeness (QED) is 0.893. The van der Waals surface area contributed by atoms with Gasteiger partial charge >= 0.3 is 0 Å². The number of hydrogen-bond donors (Lipinski definition) is 1. The Labute approximate surface area is 125 Å². The van der Waals surface area contributed by atoms with Crippen LogP contribution in [-0.4, -0.2) is 15.5 Å². The van der Waals surface area contributed by atoms with Crippen LogP contribution in [-0.2, 0) is 16.6 Å². The maximum Gasteiger partial charge on any atom is 0.234 e. The molecule has 0 bridgehead atoms. The number of benzene rings is 2. The van der Waals surface area contributed by atoms with Gasteiger partial charge in [0.2, 0.25) is 10.0 Å². The number of ether oxygens (including phenoxy) is 1. The minimum Gasteiger partial charge on any atom is -0.497 e. The second-order valence-corrected chi connectivity index (χ2v) is 6.08. The molecule has 0 unspecified atom stereocenters. The zero-order valence-electron chi connectivity index (χ0n) is 11.7. The molecular formula is C16H17NO3S. The summed E-state index contributed by atoms with van der Waals surface area (Å²) in [6.07, 6.45) is 1.56. The summed E-state index contributed by atoms with van der Waals surface area (Å²) in [7, 11) is -1.89. The lowest BCUT2D eigenvalue weighted by atomic mass is 10.2. The van der Waals surface area contributed by atoms with E-state index in [9.17, 15) is 8.42 Å². The molecule has 21 heavy (non-hydrogen) atoms. The fourth-order valence-corrected chi connectivity index (χ4v) is 2.55. The maximum atomic E-state index is 11.9. The molecule has 4 nitrogen and oxygen atoms in total. The van der Waals surface area contributed by atoms with Gasteiger partial charge in [-0.1, -0.05) is 42.5 Å². The van der Waals surface area contributed by atoms with Crippen LogP contribution in [0.4, 0.5) is 0 Å². The van der Waals surface area contributed by atoms with E-state index < -0.39 is 10.0 Å². The van der Waals surface area contributed by atoms with Gasteiger partial charge in [0.25, 0.3) is 0 Å². The molecule has 5 heteroatoms. The van der Waals surface area contributed by atoms with E-state index in [2.05, 4.69) is 4.72 Å². The van der Waals surface area contributed by atoms with E-state index in [1.165, 1.54) is 5.41 Å². The molecule has 0 amide bonds. The summed E-state index contributed by atoms with van der Waals surface area (Å²) >= 11 is 0. The Bertz CT molecular complexity index is 709. The van der Waals surface area contributed by atoms with Gasteiger partial charge in [0.05, 0.1) is 7.11 Å². The number of hydrogen-bond acceptors (Lipinski definition) is 3. The summed E-state index contributed by atoms with van der Waals surface area (Å²) in [4.78, 5) is 0. The van der Waals surface area contributed by atoms with Gasteiger partial charge in [-0.2, -0.15) is 0 Å². The number of nitrogens with one attached hydrogen (secondary N) is 1. The van der Waals surface area contributed by atoms with Crippen LogP contribution >= 0.6 is 0 Å². The normalized spacial score (nSPS) is 11.7. The van der Waals surface area contributed by atoms with Crippen LogP contribution in [0.15, 0.2) is 60.0 Å². The molecule has 0 radical (unpaired) electrons. The summed E-state index contributed by atoms with van der Waals surface area (Å²) in [6.45, 7) is 0.221. The van der Waals surface area contributed by atoms with Crippen molar-refractivity contribution < 1.29 is 13.2 Å². The molecule has 0 saturated carbocycles. The first-order valence-electron chi connectivity index (χ1n) is 6.45. The monoisotopic (exact) mass is 303 g/mol. The number of rotatable bonds is 6. The van der Waals surface area contributed by atoms with Gasteiger partial charge in [0.1, 0.15) is 5.75 Å². The summed E-state index contributed by atoms with van der Waals surface area (Å²) in [6, 6.07) is 16.5. The molecule has 2 aromatic rings. The van der Waals surface area contributed by atoms with Gasteiger partial charge < -0.3 is 4.74 Å². The van der Waals surface area contributed by atoms with Crippen LogP contribution < -0.4 is 9.46 Å². The third-order valence-corrected chi connectivity index (χ3v) is 3.89. The lowest BCUT2D eigenvalue weighted by Gasteiger charge is -2.05.